The van der Waals surface area contributed by atoms with E-state index in [0.29, 0.717) is 23.5 Å². The van der Waals surface area contributed by atoms with E-state index < -0.39 is 11.7 Å². The number of piperidine rings is 2. The average Bonchev–Trinajstić information content (AvgIpc) is 2.84. The van der Waals surface area contributed by atoms with E-state index in [0.717, 1.165) is 37.1 Å². The monoisotopic (exact) mass is 468 g/mol. The SMILES string of the molecule is Cc1cnc(C(=O)N2C[C@H]3CC[C@H]2[C@H](Oc2ccc(C(F)(F)F)cn2)C3)c(-c2ccccn2)c1. The van der Waals surface area contributed by atoms with Gasteiger partial charge in [0.25, 0.3) is 5.91 Å². The minimum absolute atomic E-state index is 0.126. The number of fused-ring (bicyclic) bond motifs is 3. The van der Waals surface area contributed by atoms with Gasteiger partial charge in [-0.15, -0.1) is 0 Å². The van der Waals surface area contributed by atoms with Gasteiger partial charge in [0.1, 0.15) is 11.8 Å². The topological polar surface area (TPSA) is 68.2 Å². The number of pyridine rings is 3. The first-order valence-corrected chi connectivity index (χ1v) is 11.2. The molecule has 1 amide bonds. The second-order valence-electron chi connectivity index (χ2n) is 8.87. The van der Waals surface area contributed by atoms with Crippen molar-refractivity contribution in [3.63, 3.8) is 0 Å². The zero-order valence-electron chi connectivity index (χ0n) is 18.5. The molecule has 3 fully saturated rings. The highest BCUT2D eigenvalue weighted by Crippen LogP contribution is 2.39. The highest BCUT2D eigenvalue weighted by Gasteiger charge is 2.45. The van der Waals surface area contributed by atoms with Crippen LogP contribution in [0.1, 0.15) is 40.9 Å². The molecule has 2 aliphatic heterocycles. The van der Waals surface area contributed by atoms with E-state index >= 15 is 0 Å². The molecule has 3 aromatic rings. The standard InChI is InChI=1S/C25H23F3N4O2/c1-15-10-18(19-4-2-3-9-29-19)23(31-12-15)24(33)32-14-16-5-7-20(32)21(11-16)34-22-8-6-17(13-30-22)25(26,27)28/h2-4,6,8-10,12-13,16,20-21H,5,7,11,14H2,1H3/t16-,20-,21+/m0/s1. The minimum Gasteiger partial charge on any atom is -0.472 e. The lowest BCUT2D eigenvalue weighted by Gasteiger charge is -2.49. The number of carbonyl (C=O) groups is 1. The summed E-state index contributed by atoms with van der Waals surface area (Å²) in [6, 6.07) is 9.42. The second kappa shape index (κ2) is 8.70. The number of hydrogen-bond acceptors (Lipinski definition) is 5. The van der Waals surface area contributed by atoms with Gasteiger partial charge in [0.2, 0.25) is 5.88 Å². The van der Waals surface area contributed by atoms with Crippen LogP contribution in [-0.4, -0.2) is 44.4 Å². The minimum atomic E-state index is -4.45. The van der Waals surface area contributed by atoms with E-state index in [9.17, 15) is 18.0 Å². The fraction of sp³-hybridized carbons (Fsp3) is 0.360. The summed E-state index contributed by atoms with van der Waals surface area (Å²) in [7, 11) is 0. The zero-order chi connectivity index (χ0) is 23.9. The molecule has 2 bridgehead atoms. The molecule has 6 nitrogen and oxygen atoms in total. The first kappa shape index (κ1) is 22.3. The van der Waals surface area contributed by atoms with Gasteiger partial charge in [0.15, 0.2) is 0 Å². The molecule has 3 aromatic heterocycles. The molecule has 0 radical (unpaired) electrons. The van der Waals surface area contributed by atoms with E-state index in [1.807, 2.05) is 31.2 Å². The summed E-state index contributed by atoms with van der Waals surface area (Å²) in [4.78, 5) is 28.2. The summed E-state index contributed by atoms with van der Waals surface area (Å²) < 4.78 is 44.5. The van der Waals surface area contributed by atoms with Crippen molar-refractivity contribution in [1.29, 1.82) is 0 Å². The van der Waals surface area contributed by atoms with Crippen LogP contribution in [0.3, 0.4) is 0 Å². The molecule has 0 N–H and O–H groups in total. The van der Waals surface area contributed by atoms with Crippen molar-refractivity contribution in [1.82, 2.24) is 19.9 Å². The largest absolute Gasteiger partial charge is 0.472 e. The molecule has 176 valence electrons. The molecular formula is C25H23F3N4O2. The van der Waals surface area contributed by atoms with E-state index in [1.54, 1.807) is 17.3 Å². The molecular weight excluding hydrogens is 445 g/mol. The normalized spacial score (nSPS) is 22.0. The van der Waals surface area contributed by atoms with E-state index in [1.165, 1.54) is 6.07 Å². The smallest absolute Gasteiger partial charge is 0.417 e. The van der Waals surface area contributed by atoms with E-state index in [-0.39, 0.29) is 29.9 Å². The summed E-state index contributed by atoms with van der Waals surface area (Å²) in [5.41, 5.74) is 1.78. The highest BCUT2D eigenvalue weighted by molar-refractivity contribution is 5.99. The maximum absolute atomic E-state index is 13.7. The van der Waals surface area contributed by atoms with E-state index in [4.69, 9.17) is 4.74 Å². The Bertz CT molecular complexity index is 1190. The van der Waals surface area contributed by atoms with Crippen molar-refractivity contribution >= 4 is 5.91 Å². The first-order chi connectivity index (χ1) is 16.3. The van der Waals surface area contributed by atoms with Crippen LogP contribution in [0.4, 0.5) is 13.2 Å². The molecule has 1 saturated carbocycles. The van der Waals surface area contributed by atoms with Crippen LogP contribution in [0.5, 0.6) is 5.88 Å². The molecule has 1 aliphatic carbocycles. The van der Waals surface area contributed by atoms with Gasteiger partial charge in [-0.1, -0.05) is 6.07 Å². The third-order valence-electron chi connectivity index (χ3n) is 6.49. The Morgan fingerprint density at radius 3 is 2.62 bits per heavy atom. The Balaban J connectivity index is 1.40. The van der Waals surface area contributed by atoms with Crippen molar-refractivity contribution in [3.8, 4) is 17.1 Å². The van der Waals surface area contributed by atoms with Crippen LogP contribution < -0.4 is 4.74 Å². The van der Waals surface area contributed by atoms with Gasteiger partial charge in [0.05, 0.1) is 17.3 Å². The third kappa shape index (κ3) is 4.34. The number of amides is 1. The summed E-state index contributed by atoms with van der Waals surface area (Å²) in [5, 5.41) is 0. The molecule has 9 heteroatoms. The van der Waals surface area contributed by atoms with Crippen LogP contribution in [-0.2, 0) is 6.18 Å². The Morgan fingerprint density at radius 2 is 1.94 bits per heavy atom. The van der Waals surface area contributed by atoms with Crippen LogP contribution in [0.2, 0.25) is 0 Å². The van der Waals surface area contributed by atoms with Crippen molar-refractivity contribution in [2.45, 2.75) is 44.5 Å². The lowest BCUT2D eigenvalue weighted by Crippen LogP contribution is -2.59. The summed E-state index contributed by atoms with van der Waals surface area (Å²) in [6.45, 7) is 2.51. The van der Waals surface area contributed by atoms with Gasteiger partial charge in [-0.2, -0.15) is 13.2 Å². The van der Waals surface area contributed by atoms with Gasteiger partial charge >= 0.3 is 6.18 Å². The number of aryl methyl sites for hydroxylation is 1. The molecule has 0 unspecified atom stereocenters. The van der Waals surface area contributed by atoms with Crippen LogP contribution in [0.15, 0.2) is 55.0 Å². The molecule has 0 spiro atoms. The Hall–Kier alpha value is -3.49. The Labute approximate surface area is 194 Å². The highest BCUT2D eigenvalue weighted by atomic mass is 19.4. The van der Waals surface area contributed by atoms with Crippen molar-refractivity contribution in [2.24, 2.45) is 5.92 Å². The Morgan fingerprint density at radius 1 is 1.09 bits per heavy atom. The van der Waals surface area contributed by atoms with Crippen molar-refractivity contribution in [2.75, 3.05) is 6.54 Å². The number of hydrogen-bond donors (Lipinski definition) is 0. The van der Waals surface area contributed by atoms with Gasteiger partial charge in [-0.3, -0.25) is 14.8 Å². The van der Waals surface area contributed by atoms with Gasteiger partial charge in [0, 0.05) is 36.8 Å². The number of nitrogens with zero attached hydrogens (tertiary/aromatic N) is 4. The zero-order valence-corrected chi connectivity index (χ0v) is 18.5. The van der Waals surface area contributed by atoms with Crippen LogP contribution in [0.25, 0.3) is 11.3 Å². The second-order valence-corrected chi connectivity index (χ2v) is 8.87. The number of rotatable bonds is 4. The lowest BCUT2D eigenvalue weighted by molar-refractivity contribution is -0.137. The average molecular weight is 468 g/mol. The van der Waals surface area contributed by atoms with E-state index in [2.05, 4.69) is 15.0 Å². The number of aromatic nitrogens is 3. The quantitative estimate of drug-likeness (QED) is 0.543. The molecule has 3 atom stereocenters. The number of alkyl halides is 3. The molecule has 34 heavy (non-hydrogen) atoms. The van der Waals surface area contributed by atoms with Crippen LogP contribution >= 0.6 is 0 Å². The fourth-order valence-corrected chi connectivity index (χ4v) is 4.86. The molecule has 0 aromatic carbocycles. The molecule has 6 rings (SSSR count). The summed E-state index contributed by atoms with van der Waals surface area (Å²) >= 11 is 0. The van der Waals surface area contributed by atoms with Crippen molar-refractivity contribution < 1.29 is 22.7 Å². The van der Waals surface area contributed by atoms with Crippen LogP contribution in [0, 0.1) is 12.8 Å². The third-order valence-corrected chi connectivity index (χ3v) is 6.49. The first-order valence-electron chi connectivity index (χ1n) is 11.2. The molecule has 5 heterocycles. The maximum atomic E-state index is 13.7. The van der Waals surface area contributed by atoms with Gasteiger partial charge in [-0.25, -0.2) is 4.98 Å². The predicted molar refractivity (Wildman–Crippen MR) is 118 cm³/mol. The number of carbonyl (C=O) groups excluding carboxylic acids is 1. The van der Waals surface area contributed by atoms with Gasteiger partial charge in [-0.05, 0) is 61.9 Å². The predicted octanol–water partition coefficient (Wildman–Crippen LogP) is 4.94. The summed E-state index contributed by atoms with van der Waals surface area (Å²) in [6.07, 6.45) is 1.78. The van der Waals surface area contributed by atoms with Crippen molar-refractivity contribution in [3.05, 3.63) is 71.8 Å². The lowest BCUT2D eigenvalue weighted by atomic mass is 9.77. The summed E-state index contributed by atoms with van der Waals surface area (Å²) in [5.74, 6) is 0.182. The fourth-order valence-electron chi connectivity index (χ4n) is 4.86. The maximum Gasteiger partial charge on any atom is 0.417 e. The Kier molecular flexibility index (Phi) is 5.71. The molecule has 3 aliphatic rings. The number of ether oxygens (including phenoxy) is 1. The number of halogens is 3. The van der Waals surface area contributed by atoms with Gasteiger partial charge < -0.3 is 9.64 Å². The molecule has 2 saturated heterocycles.